The van der Waals surface area contributed by atoms with E-state index in [-0.39, 0.29) is 0 Å². The maximum Gasteiger partial charge on any atom is -0.00761 e. The predicted molar refractivity (Wildman–Crippen MR) is 159 cm³/mol. The van der Waals surface area contributed by atoms with Gasteiger partial charge >= 0.3 is 0 Å². The summed E-state index contributed by atoms with van der Waals surface area (Å²) in [6.45, 7) is 0. The van der Waals surface area contributed by atoms with E-state index in [1.54, 1.807) is 0 Å². The largest absolute Gasteiger partial charge is 0.0722 e. The van der Waals surface area contributed by atoms with Crippen molar-refractivity contribution in [3.05, 3.63) is 143 Å². The minimum atomic E-state index is 0.976. The fourth-order valence-electron chi connectivity index (χ4n) is 6.26. The quantitative estimate of drug-likeness (QED) is 0.224. The second-order valence-electron chi connectivity index (χ2n) is 10.1. The summed E-state index contributed by atoms with van der Waals surface area (Å²) in [5.41, 5.74) is 5.25. The molecule has 0 saturated heterocycles. The summed E-state index contributed by atoms with van der Waals surface area (Å²) < 4.78 is 0. The lowest BCUT2D eigenvalue weighted by Crippen LogP contribution is -2.22. The van der Waals surface area contributed by atoms with Gasteiger partial charge in [-0.1, -0.05) is 109 Å². The van der Waals surface area contributed by atoms with Crippen molar-refractivity contribution in [1.29, 1.82) is 0 Å². The Balaban J connectivity index is 1.33. The Hall–Kier alpha value is -4.68. The molecule has 0 saturated carbocycles. The summed E-state index contributed by atoms with van der Waals surface area (Å²) in [7, 11) is 0. The van der Waals surface area contributed by atoms with Crippen LogP contribution in [0.4, 0.5) is 0 Å². The molecule has 0 nitrogen and oxygen atoms in total. The van der Waals surface area contributed by atoms with E-state index in [2.05, 4.69) is 133 Å². The first-order chi connectivity index (χ1) is 18.3. The molecule has 172 valence electrons. The summed E-state index contributed by atoms with van der Waals surface area (Å²) >= 11 is 0. The van der Waals surface area contributed by atoms with E-state index < -0.39 is 0 Å². The number of hydrogen-bond donors (Lipinski definition) is 0. The average molecular weight is 469 g/mol. The molecule has 7 aromatic carbocycles. The average Bonchev–Trinajstić information content (AvgIpc) is 3.38. The molecular formula is C37H24. The Morgan fingerprint density at radius 2 is 0.946 bits per heavy atom. The summed E-state index contributed by atoms with van der Waals surface area (Å²) in [6.07, 6.45) is 3.35. The van der Waals surface area contributed by atoms with Gasteiger partial charge in [0.1, 0.15) is 0 Å². The normalized spacial score (nSPS) is 12.9. The standard InChI is InChI=1S/C37H24/c1-2-9-26-22-36-29(21-24(26)8-1)17-18-30(36)28-11-7-10-25(20-28)27-16-19-35-33-14-4-3-12-31(33)32-13-5-6-15-34(32)37(35)23-27/h1-17,19-23H,18H2. The van der Waals surface area contributed by atoms with Crippen molar-refractivity contribution >= 4 is 54.7 Å². The van der Waals surface area contributed by atoms with Crippen LogP contribution in [0.2, 0.25) is 0 Å². The van der Waals surface area contributed by atoms with Gasteiger partial charge in [-0.3, -0.25) is 0 Å². The van der Waals surface area contributed by atoms with Gasteiger partial charge in [0.05, 0.1) is 0 Å². The first-order valence-electron chi connectivity index (χ1n) is 13.0. The Labute approximate surface area is 215 Å². The Kier molecular flexibility index (Phi) is 4.39. The molecule has 0 amide bonds. The van der Waals surface area contributed by atoms with E-state index in [9.17, 15) is 0 Å². The number of hydrogen-bond acceptors (Lipinski definition) is 0. The third-order valence-electron chi connectivity index (χ3n) is 8.06. The third-order valence-corrected chi connectivity index (χ3v) is 8.06. The van der Waals surface area contributed by atoms with Crippen molar-refractivity contribution in [2.45, 2.75) is 6.42 Å². The molecule has 0 N–H and O–H groups in total. The van der Waals surface area contributed by atoms with Crippen molar-refractivity contribution in [1.82, 2.24) is 0 Å². The highest BCUT2D eigenvalue weighted by atomic mass is 14.2. The lowest BCUT2D eigenvalue weighted by atomic mass is 9.91. The maximum absolute atomic E-state index is 2.39. The molecule has 1 aliphatic rings. The Bertz CT molecular complexity index is 2130. The molecule has 0 heteroatoms. The topological polar surface area (TPSA) is 0 Å². The molecule has 0 radical (unpaired) electrons. The molecule has 0 aromatic heterocycles. The fraction of sp³-hybridized carbons (Fsp3) is 0.0270. The van der Waals surface area contributed by atoms with Crippen LogP contribution in [0.15, 0.2) is 127 Å². The Morgan fingerprint density at radius 3 is 1.68 bits per heavy atom. The molecule has 0 aliphatic heterocycles. The predicted octanol–water partition coefficient (Wildman–Crippen LogP) is 8.35. The molecule has 37 heavy (non-hydrogen) atoms. The Morgan fingerprint density at radius 1 is 0.378 bits per heavy atom. The van der Waals surface area contributed by atoms with Gasteiger partial charge < -0.3 is 0 Å². The molecule has 0 heterocycles. The van der Waals surface area contributed by atoms with E-state index in [0.717, 1.165) is 6.42 Å². The van der Waals surface area contributed by atoms with Gasteiger partial charge in [0, 0.05) is 0 Å². The minimum Gasteiger partial charge on any atom is -0.0722 e. The van der Waals surface area contributed by atoms with Crippen LogP contribution in [-0.2, 0) is 0 Å². The first-order valence-corrected chi connectivity index (χ1v) is 13.0. The second-order valence-corrected chi connectivity index (χ2v) is 10.1. The zero-order valence-electron chi connectivity index (χ0n) is 20.4. The molecule has 1 aliphatic carbocycles. The van der Waals surface area contributed by atoms with Crippen molar-refractivity contribution in [2.75, 3.05) is 0 Å². The summed E-state index contributed by atoms with van der Waals surface area (Å²) in [5.74, 6) is 0. The summed E-state index contributed by atoms with van der Waals surface area (Å²) in [5, 5.41) is 13.2. The zero-order valence-corrected chi connectivity index (χ0v) is 20.4. The van der Waals surface area contributed by atoms with Gasteiger partial charge in [-0.15, -0.1) is 0 Å². The van der Waals surface area contributed by atoms with Crippen molar-refractivity contribution < 1.29 is 0 Å². The van der Waals surface area contributed by atoms with Gasteiger partial charge in [-0.05, 0) is 106 Å². The molecule has 7 aromatic rings. The van der Waals surface area contributed by atoms with Crippen LogP contribution in [0, 0.1) is 0 Å². The van der Waals surface area contributed by atoms with Crippen molar-refractivity contribution in [3.8, 4) is 11.1 Å². The minimum absolute atomic E-state index is 0.976. The van der Waals surface area contributed by atoms with E-state index in [4.69, 9.17) is 0 Å². The highest BCUT2D eigenvalue weighted by Gasteiger charge is 2.12. The number of rotatable bonds is 2. The molecule has 0 fully saturated rings. The van der Waals surface area contributed by atoms with Gasteiger partial charge in [0.25, 0.3) is 0 Å². The van der Waals surface area contributed by atoms with E-state index in [1.807, 2.05) is 0 Å². The molecule has 8 rings (SSSR count). The van der Waals surface area contributed by atoms with Crippen LogP contribution in [-0.4, -0.2) is 0 Å². The SMILES string of the molecule is C1=c2cc3ccccc3cc2=C(c2cccc(-c3ccc4c5ccccc5c5ccccc5c4c3)c2)C1. The highest BCUT2D eigenvalue weighted by molar-refractivity contribution is 6.25. The van der Waals surface area contributed by atoms with Crippen LogP contribution in [0.25, 0.3) is 65.9 Å². The van der Waals surface area contributed by atoms with Crippen molar-refractivity contribution in [2.24, 2.45) is 0 Å². The number of fused-ring (bicyclic) bond motifs is 8. The fourth-order valence-corrected chi connectivity index (χ4v) is 6.26. The molecule has 0 bridgehead atoms. The maximum atomic E-state index is 2.39. The van der Waals surface area contributed by atoms with Gasteiger partial charge in [-0.2, -0.15) is 0 Å². The monoisotopic (exact) mass is 468 g/mol. The second kappa shape index (κ2) is 7.91. The van der Waals surface area contributed by atoms with Crippen LogP contribution < -0.4 is 10.4 Å². The van der Waals surface area contributed by atoms with E-state index in [1.165, 1.54) is 75.8 Å². The van der Waals surface area contributed by atoms with Gasteiger partial charge in [0.2, 0.25) is 0 Å². The van der Waals surface area contributed by atoms with Gasteiger partial charge in [0.15, 0.2) is 0 Å². The van der Waals surface area contributed by atoms with Crippen LogP contribution in [0.5, 0.6) is 0 Å². The van der Waals surface area contributed by atoms with E-state index in [0.29, 0.717) is 0 Å². The zero-order chi connectivity index (χ0) is 24.3. The lowest BCUT2D eigenvalue weighted by Gasteiger charge is -2.13. The third kappa shape index (κ3) is 3.16. The highest BCUT2D eigenvalue weighted by Crippen LogP contribution is 2.37. The van der Waals surface area contributed by atoms with Crippen LogP contribution in [0.3, 0.4) is 0 Å². The van der Waals surface area contributed by atoms with Crippen molar-refractivity contribution in [3.63, 3.8) is 0 Å². The summed E-state index contributed by atoms with van der Waals surface area (Å²) in [6, 6.07) is 47.0. The van der Waals surface area contributed by atoms with Gasteiger partial charge in [-0.25, -0.2) is 0 Å². The van der Waals surface area contributed by atoms with Crippen LogP contribution in [0.1, 0.15) is 12.0 Å². The first kappa shape index (κ1) is 20.5. The van der Waals surface area contributed by atoms with Crippen LogP contribution >= 0.6 is 0 Å². The van der Waals surface area contributed by atoms with E-state index >= 15 is 0 Å². The smallest absolute Gasteiger partial charge is 0.00761 e. The molecular weight excluding hydrogens is 444 g/mol. The summed E-state index contributed by atoms with van der Waals surface area (Å²) in [4.78, 5) is 0. The molecule has 0 atom stereocenters. The lowest BCUT2D eigenvalue weighted by molar-refractivity contribution is 1.46. The molecule has 0 unspecified atom stereocenters. The molecule has 0 spiro atoms. The number of benzene rings is 7.